The second-order valence-electron chi connectivity index (χ2n) is 6.54. The first-order valence-corrected chi connectivity index (χ1v) is 9.54. The quantitative estimate of drug-likeness (QED) is 0.392. The first-order valence-electron chi connectivity index (χ1n) is 9.54. The Morgan fingerprint density at radius 3 is 2.18 bits per heavy atom. The number of benzene rings is 3. The molecular formula is C25H25FO2. The molecule has 0 aromatic heterocycles. The molecule has 0 atom stereocenters. The number of allylic oxidation sites excluding steroid dienone is 1. The maximum absolute atomic E-state index is 14.1. The van der Waals surface area contributed by atoms with Gasteiger partial charge in [-0.15, -0.1) is 6.58 Å². The highest BCUT2D eigenvalue weighted by molar-refractivity contribution is 5.64. The van der Waals surface area contributed by atoms with Crippen LogP contribution in [0.1, 0.15) is 24.5 Å². The van der Waals surface area contributed by atoms with E-state index in [0.29, 0.717) is 13.2 Å². The predicted octanol–water partition coefficient (Wildman–Crippen LogP) is 6.59. The van der Waals surface area contributed by atoms with E-state index < -0.39 is 0 Å². The van der Waals surface area contributed by atoms with E-state index in [0.717, 1.165) is 35.3 Å². The van der Waals surface area contributed by atoms with Crippen LogP contribution >= 0.6 is 0 Å². The van der Waals surface area contributed by atoms with Gasteiger partial charge in [0.05, 0.1) is 6.61 Å². The zero-order chi connectivity index (χ0) is 19.8. The maximum atomic E-state index is 14.1. The highest BCUT2D eigenvalue weighted by Gasteiger charge is 2.06. The summed E-state index contributed by atoms with van der Waals surface area (Å²) < 4.78 is 25.2. The number of aryl methyl sites for hydroxylation is 1. The minimum Gasteiger partial charge on any atom is -0.491 e. The van der Waals surface area contributed by atoms with Crippen LogP contribution in [-0.4, -0.2) is 6.61 Å². The molecule has 28 heavy (non-hydrogen) atoms. The maximum Gasteiger partial charge on any atom is 0.165 e. The molecule has 0 bridgehead atoms. The Labute approximate surface area is 166 Å². The second-order valence-corrected chi connectivity index (χ2v) is 6.54. The zero-order valence-electron chi connectivity index (χ0n) is 16.2. The van der Waals surface area contributed by atoms with Crippen LogP contribution in [0.5, 0.6) is 11.5 Å². The van der Waals surface area contributed by atoms with Gasteiger partial charge in [0.15, 0.2) is 11.6 Å². The van der Waals surface area contributed by atoms with Gasteiger partial charge in [-0.2, -0.15) is 0 Å². The van der Waals surface area contributed by atoms with E-state index in [1.54, 1.807) is 6.07 Å². The van der Waals surface area contributed by atoms with Crippen LogP contribution in [-0.2, 0) is 13.0 Å². The van der Waals surface area contributed by atoms with Crippen LogP contribution in [0.25, 0.3) is 11.1 Å². The highest BCUT2D eigenvalue weighted by atomic mass is 19.1. The summed E-state index contributed by atoms with van der Waals surface area (Å²) in [5.74, 6) is 0.787. The molecule has 0 fully saturated rings. The van der Waals surface area contributed by atoms with Gasteiger partial charge in [0, 0.05) is 0 Å². The van der Waals surface area contributed by atoms with Gasteiger partial charge in [-0.25, -0.2) is 4.39 Å². The fourth-order valence-corrected chi connectivity index (χ4v) is 2.93. The second kappa shape index (κ2) is 9.75. The number of ether oxygens (including phenoxy) is 2. The molecule has 0 radical (unpaired) electrons. The summed E-state index contributed by atoms with van der Waals surface area (Å²) in [6.07, 6.45) is 3.90. The van der Waals surface area contributed by atoms with Gasteiger partial charge in [0.25, 0.3) is 0 Å². The Kier molecular flexibility index (Phi) is 6.85. The standard InChI is InChI=1S/C25H25FO2/c1-3-5-6-19-9-14-23(15-10-19)28-18-20-7-11-21(12-8-20)22-13-16-25(27-4-2)24(26)17-22/h3,7-17H,1,4-6,18H2,2H3. The van der Waals surface area contributed by atoms with Gasteiger partial charge >= 0.3 is 0 Å². The fraction of sp³-hybridized carbons (Fsp3) is 0.200. The molecular weight excluding hydrogens is 351 g/mol. The number of halogens is 1. The smallest absolute Gasteiger partial charge is 0.165 e. The highest BCUT2D eigenvalue weighted by Crippen LogP contribution is 2.26. The van der Waals surface area contributed by atoms with E-state index in [2.05, 4.69) is 18.7 Å². The number of hydrogen-bond donors (Lipinski definition) is 0. The molecule has 2 nitrogen and oxygen atoms in total. The van der Waals surface area contributed by atoms with E-state index in [4.69, 9.17) is 9.47 Å². The van der Waals surface area contributed by atoms with Crippen molar-refractivity contribution in [3.8, 4) is 22.6 Å². The van der Waals surface area contributed by atoms with Crippen LogP contribution in [0, 0.1) is 5.82 Å². The molecule has 0 N–H and O–H groups in total. The molecule has 0 unspecified atom stereocenters. The van der Waals surface area contributed by atoms with Crippen LogP contribution in [0.4, 0.5) is 4.39 Å². The van der Waals surface area contributed by atoms with Crippen LogP contribution in [0.3, 0.4) is 0 Å². The Hall–Kier alpha value is -3.07. The molecule has 3 rings (SSSR count). The Morgan fingerprint density at radius 1 is 0.857 bits per heavy atom. The molecule has 0 aliphatic rings. The van der Waals surface area contributed by atoms with E-state index in [1.807, 2.05) is 55.5 Å². The summed E-state index contributed by atoms with van der Waals surface area (Å²) in [6, 6.07) is 21.2. The molecule has 3 aromatic carbocycles. The van der Waals surface area contributed by atoms with Crippen molar-refractivity contribution in [1.29, 1.82) is 0 Å². The minimum absolute atomic E-state index is 0.284. The normalized spacial score (nSPS) is 10.5. The summed E-state index contributed by atoms with van der Waals surface area (Å²) in [5.41, 5.74) is 4.12. The van der Waals surface area contributed by atoms with Crippen molar-refractivity contribution in [2.45, 2.75) is 26.4 Å². The largest absolute Gasteiger partial charge is 0.491 e. The van der Waals surface area contributed by atoms with Crippen LogP contribution in [0.2, 0.25) is 0 Å². The lowest BCUT2D eigenvalue weighted by molar-refractivity contribution is 0.306. The van der Waals surface area contributed by atoms with E-state index >= 15 is 0 Å². The molecule has 0 spiro atoms. The lowest BCUT2D eigenvalue weighted by atomic mass is 10.0. The first kappa shape index (κ1) is 19.7. The van der Waals surface area contributed by atoms with Crippen LogP contribution < -0.4 is 9.47 Å². The molecule has 3 aromatic rings. The van der Waals surface area contributed by atoms with Crippen molar-refractivity contribution in [3.05, 3.63) is 96.3 Å². The predicted molar refractivity (Wildman–Crippen MR) is 112 cm³/mol. The third-order valence-corrected chi connectivity index (χ3v) is 4.48. The summed E-state index contributed by atoms with van der Waals surface area (Å²) in [6.45, 7) is 6.52. The lowest BCUT2D eigenvalue weighted by Crippen LogP contribution is -1.96. The first-order chi connectivity index (χ1) is 13.7. The van der Waals surface area contributed by atoms with Crippen molar-refractivity contribution < 1.29 is 13.9 Å². The van der Waals surface area contributed by atoms with Gasteiger partial charge < -0.3 is 9.47 Å². The van der Waals surface area contributed by atoms with E-state index in [1.165, 1.54) is 11.6 Å². The van der Waals surface area contributed by atoms with Gasteiger partial charge in [-0.1, -0.05) is 48.5 Å². The van der Waals surface area contributed by atoms with Gasteiger partial charge in [0.2, 0.25) is 0 Å². The van der Waals surface area contributed by atoms with Crippen molar-refractivity contribution in [1.82, 2.24) is 0 Å². The van der Waals surface area contributed by atoms with Gasteiger partial charge in [-0.3, -0.25) is 0 Å². The van der Waals surface area contributed by atoms with Gasteiger partial charge in [-0.05, 0) is 66.3 Å². The average Bonchev–Trinajstić information content (AvgIpc) is 2.73. The SMILES string of the molecule is C=CCCc1ccc(OCc2ccc(-c3ccc(OCC)c(F)c3)cc2)cc1. The zero-order valence-corrected chi connectivity index (χ0v) is 16.2. The summed E-state index contributed by atoms with van der Waals surface area (Å²) in [7, 11) is 0. The molecule has 0 heterocycles. The third-order valence-electron chi connectivity index (χ3n) is 4.48. The molecule has 0 aliphatic heterocycles. The molecule has 0 amide bonds. The van der Waals surface area contributed by atoms with Crippen molar-refractivity contribution in [2.75, 3.05) is 6.61 Å². The van der Waals surface area contributed by atoms with Crippen molar-refractivity contribution in [3.63, 3.8) is 0 Å². The molecule has 0 saturated carbocycles. The van der Waals surface area contributed by atoms with Crippen LogP contribution in [0.15, 0.2) is 79.4 Å². The molecule has 0 saturated heterocycles. The molecule has 144 valence electrons. The van der Waals surface area contributed by atoms with Gasteiger partial charge in [0.1, 0.15) is 12.4 Å². The third kappa shape index (κ3) is 5.23. The topological polar surface area (TPSA) is 18.5 Å². The minimum atomic E-state index is -0.344. The number of hydrogen-bond acceptors (Lipinski definition) is 2. The Balaban J connectivity index is 1.60. The van der Waals surface area contributed by atoms with E-state index in [9.17, 15) is 4.39 Å². The lowest BCUT2D eigenvalue weighted by Gasteiger charge is -2.09. The monoisotopic (exact) mass is 376 g/mol. The van der Waals surface area contributed by atoms with Crippen molar-refractivity contribution >= 4 is 0 Å². The Morgan fingerprint density at radius 2 is 1.54 bits per heavy atom. The molecule has 3 heteroatoms. The summed E-state index contributed by atoms with van der Waals surface area (Å²) in [4.78, 5) is 0. The summed E-state index contributed by atoms with van der Waals surface area (Å²) in [5, 5.41) is 0. The van der Waals surface area contributed by atoms with E-state index in [-0.39, 0.29) is 11.6 Å². The number of rotatable bonds is 9. The summed E-state index contributed by atoms with van der Waals surface area (Å²) >= 11 is 0. The fourth-order valence-electron chi connectivity index (χ4n) is 2.93. The Bertz CT molecular complexity index is 899. The van der Waals surface area contributed by atoms with Crippen molar-refractivity contribution in [2.24, 2.45) is 0 Å². The average molecular weight is 376 g/mol. The molecule has 0 aliphatic carbocycles.